The van der Waals surface area contributed by atoms with Crippen LogP contribution in [0.1, 0.15) is 278 Å². The van der Waals surface area contributed by atoms with Gasteiger partial charge in [0.1, 0.15) is 13.2 Å². The Morgan fingerprint density at radius 3 is 0.985 bits per heavy atom. The van der Waals surface area contributed by atoms with Gasteiger partial charge in [0, 0.05) is 12.8 Å². The topological polar surface area (TPSA) is 78.9 Å². The van der Waals surface area contributed by atoms with Gasteiger partial charge in [0.2, 0.25) is 0 Å². The van der Waals surface area contributed by atoms with Crippen molar-refractivity contribution in [1.29, 1.82) is 0 Å². The molecule has 6 heteroatoms. The van der Waals surface area contributed by atoms with Crippen molar-refractivity contribution in [2.75, 3.05) is 13.2 Å². The molecule has 67 heavy (non-hydrogen) atoms. The first-order valence-corrected chi connectivity index (χ1v) is 28.4. The highest BCUT2D eigenvalue weighted by molar-refractivity contribution is 5.72. The summed E-state index contributed by atoms with van der Waals surface area (Å²) in [6.45, 7) is 6.44. The fourth-order valence-corrected chi connectivity index (χ4v) is 7.98. The van der Waals surface area contributed by atoms with E-state index in [2.05, 4.69) is 81.5 Å². The van der Waals surface area contributed by atoms with E-state index in [4.69, 9.17) is 14.2 Å². The summed E-state index contributed by atoms with van der Waals surface area (Å²) < 4.78 is 16.7. The van der Waals surface area contributed by atoms with Crippen LogP contribution >= 0.6 is 0 Å². The third-order valence-corrected chi connectivity index (χ3v) is 12.2. The summed E-state index contributed by atoms with van der Waals surface area (Å²) in [5.41, 5.74) is 0. The minimum absolute atomic E-state index is 0.0973. The van der Waals surface area contributed by atoms with Crippen molar-refractivity contribution >= 4 is 17.9 Å². The zero-order valence-electron chi connectivity index (χ0n) is 44.2. The Balaban J connectivity index is 4.40. The van der Waals surface area contributed by atoms with Crippen LogP contribution in [-0.2, 0) is 28.6 Å². The van der Waals surface area contributed by atoms with Gasteiger partial charge in [-0.15, -0.1) is 0 Å². The highest BCUT2D eigenvalue weighted by Gasteiger charge is 2.19. The number of carbonyl (C=O) groups is 3. The molecule has 0 spiro atoms. The van der Waals surface area contributed by atoms with Gasteiger partial charge >= 0.3 is 17.9 Å². The molecule has 0 fully saturated rings. The van der Waals surface area contributed by atoms with E-state index in [9.17, 15) is 14.4 Å². The smallest absolute Gasteiger partial charge is 0.310 e. The number of carbonyl (C=O) groups excluding carboxylic acids is 3. The Morgan fingerprint density at radius 2 is 0.627 bits per heavy atom. The average molecular weight is 936 g/mol. The van der Waals surface area contributed by atoms with E-state index < -0.39 is 12.1 Å². The molecule has 0 aromatic heterocycles. The number of esters is 3. The summed E-state index contributed by atoms with van der Waals surface area (Å²) >= 11 is 0. The molecule has 0 N–H and O–H groups in total. The maximum atomic E-state index is 12.8. The first-order valence-electron chi connectivity index (χ1n) is 28.4. The third kappa shape index (κ3) is 53.7. The molecule has 0 rings (SSSR count). The van der Waals surface area contributed by atoms with E-state index in [0.717, 1.165) is 83.5 Å². The van der Waals surface area contributed by atoms with Crippen molar-refractivity contribution < 1.29 is 28.6 Å². The number of hydrogen-bond donors (Lipinski definition) is 0. The lowest BCUT2D eigenvalue weighted by Crippen LogP contribution is -2.30. The van der Waals surface area contributed by atoms with Crippen LogP contribution < -0.4 is 0 Å². The predicted octanol–water partition coefficient (Wildman–Crippen LogP) is 19.0. The SMILES string of the molecule is CC/C=C\C/C=C\C/C=C\C/C=C\C/C=C\CC(=O)OC(COC(=O)CCCCCCC/C=C\CCCCCC)COC(=O)CCCCCCCCCCCCCCCCCCCCCCC. The molecule has 386 valence electrons. The molecule has 0 aliphatic rings. The van der Waals surface area contributed by atoms with Gasteiger partial charge < -0.3 is 14.2 Å². The van der Waals surface area contributed by atoms with Crippen LogP contribution in [0.5, 0.6) is 0 Å². The molecule has 0 radical (unpaired) electrons. The minimum atomic E-state index is -0.831. The second-order valence-corrected chi connectivity index (χ2v) is 18.8. The highest BCUT2D eigenvalue weighted by atomic mass is 16.6. The van der Waals surface area contributed by atoms with Crippen LogP contribution in [-0.4, -0.2) is 37.2 Å². The standard InChI is InChI=1S/C61H106O6/c1-4-7-10-13-16-19-22-25-27-28-29-30-31-32-34-36-39-42-45-48-51-54-60(63)66-57-58(56-65-59(62)53-50-47-44-41-38-35-24-21-18-15-12-9-6-3)67-61(64)55-52-49-46-43-40-37-33-26-23-20-17-14-11-8-5-2/h8,11,17,20-21,24,26,33,40,43,49,52,58H,4-7,9-10,12-16,18-19,22-23,25,27-32,34-39,41-42,44-48,50-51,53-57H2,1-3H3/b11-8-,20-17-,24-21-,33-26-,43-40-,52-49-. The lowest BCUT2D eigenvalue weighted by Gasteiger charge is -2.18. The van der Waals surface area contributed by atoms with E-state index in [1.807, 2.05) is 6.08 Å². The highest BCUT2D eigenvalue weighted by Crippen LogP contribution is 2.16. The van der Waals surface area contributed by atoms with Crippen LogP contribution in [0.4, 0.5) is 0 Å². The van der Waals surface area contributed by atoms with Gasteiger partial charge in [-0.2, -0.15) is 0 Å². The Bertz CT molecular complexity index is 1260. The molecule has 0 bridgehead atoms. The lowest BCUT2D eigenvalue weighted by atomic mass is 10.0. The summed E-state index contributed by atoms with van der Waals surface area (Å²) in [4.78, 5) is 38.0. The summed E-state index contributed by atoms with van der Waals surface area (Å²) in [6, 6.07) is 0. The Labute approximate surface area is 414 Å². The van der Waals surface area contributed by atoms with Crippen LogP contribution in [0.15, 0.2) is 72.9 Å². The molecule has 0 saturated carbocycles. The van der Waals surface area contributed by atoms with E-state index >= 15 is 0 Å². The second-order valence-electron chi connectivity index (χ2n) is 18.8. The second kappa shape index (κ2) is 55.4. The Kier molecular flexibility index (Phi) is 52.8. The third-order valence-electron chi connectivity index (χ3n) is 12.2. The van der Waals surface area contributed by atoms with Crippen molar-refractivity contribution in [2.45, 2.75) is 284 Å². The van der Waals surface area contributed by atoms with Crippen LogP contribution in [0.2, 0.25) is 0 Å². The Morgan fingerprint density at radius 1 is 0.328 bits per heavy atom. The quantitative estimate of drug-likeness (QED) is 0.0262. The van der Waals surface area contributed by atoms with Gasteiger partial charge in [0.25, 0.3) is 0 Å². The fourth-order valence-electron chi connectivity index (χ4n) is 7.98. The van der Waals surface area contributed by atoms with Crippen molar-refractivity contribution in [3.63, 3.8) is 0 Å². The van der Waals surface area contributed by atoms with Crippen LogP contribution in [0.25, 0.3) is 0 Å². The zero-order chi connectivity index (χ0) is 48.6. The fraction of sp³-hybridized carbons (Fsp3) is 0.754. The molecule has 1 unspecified atom stereocenters. The summed E-state index contributed by atoms with van der Waals surface area (Å²) in [5.74, 6) is -1.05. The summed E-state index contributed by atoms with van der Waals surface area (Å²) in [5, 5.41) is 0. The largest absolute Gasteiger partial charge is 0.462 e. The molecule has 0 aliphatic carbocycles. The molecule has 0 heterocycles. The number of unbranched alkanes of at least 4 members (excludes halogenated alkanes) is 29. The van der Waals surface area contributed by atoms with Crippen molar-refractivity contribution in [3.05, 3.63) is 72.9 Å². The maximum Gasteiger partial charge on any atom is 0.310 e. The first kappa shape index (κ1) is 63.8. The van der Waals surface area contributed by atoms with E-state index in [0.29, 0.717) is 12.8 Å². The molecule has 0 aromatic carbocycles. The van der Waals surface area contributed by atoms with Crippen molar-refractivity contribution in [3.8, 4) is 0 Å². The van der Waals surface area contributed by atoms with Gasteiger partial charge in [0.05, 0.1) is 6.42 Å². The molecular formula is C61H106O6. The normalized spacial score (nSPS) is 12.6. The molecule has 0 aliphatic heterocycles. The monoisotopic (exact) mass is 935 g/mol. The predicted molar refractivity (Wildman–Crippen MR) is 288 cm³/mol. The molecule has 0 saturated heterocycles. The zero-order valence-corrected chi connectivity index (χ0v) is 44.2. The van der Waals surface area contributed by atoms with Crippen molar-refractivity contribution in [1.82, 2.24) is 0 Å². The number of rotatable bonds is 51. The van der Waals surface area contributed by atoms with Crippen LogP contribution in [0, 0.1) is 0 Å². The minimum Gasteiger partial charge on any atom is -0.462 e. The number of ether oxygens (including phenoxy) is 3. The van der Waals surface area contributed by atoms with E-state index in [1.165, 1.54) is 154 Å². The van der Waals surface area contributed by atoms with Gasteiger partial charge in [-0.3, -0.25) is 14.4 Å². The Hall–Kier alpha value is -3.15. The number of hydrogen-bond acceptors (Lipinski definition) is 6. The lowest BCUT2D eigenvalue weighted by molar-refractivity contribution is -0.166. The molecule has 0 amide bonds. The van der Waals surface area contributed by atoms with E-state index in [1.54, 1.807) is 6.08 Å². The van der Waals surface area contributed by atoms with Gasteiger partial charge in [-0.25, -0.2) is 0 Å². The van der Waals surface area contributed by atoms with Crippen LogP contribution in [0.3, 0.4) is 0 Å². The molecular weight excluding hydrogens is 829 g/mol. The maximum absolute atomic E-state index is 12.8. The number of allylic oxidation sites excluding steroid dienone is 11. The first-order chi connectivity index (χ1) is 33.0. The summed E-state index contributed by atoms with van der Waals surface area (Å²) in [7, 11) is 0. The van der Waals surface area contributed by atoms with Crippen molar-refractivity contribution in [2.24, 2.45) is 0 Å². The summed E-state index contributed by atoms with van der Waals surface area (Å²) in [6.07, 6.45) is 70.7. The van der Waals surface area contributed by atoms with Gasteiger partial charge in [-0.05, 0) is 70.6 Å². The van der Waals surface area contributed by atoms with Gasteiger partial charge in [-0.1, -0.05) is 261 Å². The molecule has 6 nitrogen and oxygen atoms in total. The molecule has 0 aromatic rings. The molecule has 1 atom stereocenters. The van der Waals surface area contributed by atoms with Gasteiger partial charge in [0.15, 0.2) is 6.10 Å². The van der Waals surface area contributed by atoms with E-state index in [-0.39, 0.29) is 31.6 Å². The average Bonchev–Trinajstić information content (AvgIpc) is 3.33.